The highest BCUT2D eigenvalue weighted by Gasteiger charge is 2.11. The number of nitrogens with zero attached hydrogens (tertiary/aromatic N) is 1. The molecule has 0 atom stereocenters. The third-order valence-electron chi connectivity index (χ3n) is 2.80. The number of likely N-dealkylation sites (N-methyl/N-ethyl adjacent to an activating group) is 1. The van der Waals surface area contributed by atoms with E-state index in [9.17, 15) is 4.79 Å². The quantitative estimate of drug-likeness (QED) is 0.638. The van der Waals surface area contributed by atoms with Crippen LogP contribution in [0.4, 0.5) is 5.69 Å². The zero-order valence-corrected chi connectivity index (χ0v) is 14.9. The number of benzene rings is 1. The molecule has 0 radical (unpaired) electrons. The van der Waals surface area contributed by atoms with Crippen molar-refractivity contribution in [2.75, 3.05) is 11.9 Å². The summed E-state index contributed by atoms with van der Waals surface area (Å²) in [7, 11) is 1.80. The molecule has 0 N–H and O–H groups in total. The Morgan fingerprint density at radius 1 is 1.05 bits per heavy atom. The van der Waals surface area contributed by atoms with Gasteiger partial charge in [-0.25, -0.2) is 0 Å². The first kappa shape index (κ1) is 21.7. The van der Waals surface area contributed by atoms with Gasteiger partial charge in [0.2, 0.25) is 0 Å². The van der Waals surface area contributed by atoms with E-state index in [0.29, 0.717) is 0 Å². The predicted octanol–water partition coefficient (Wildman–Crippen LogP) is 5.84. The largest absolute Gasteiger partial charge is 0.312 e. The highest BCUT2D eigenvalue weighted by Crippen LogP contribution is 2.13. The molecule has 120 valence electrons. The second-order valence-electron chi connectivity index (χ2n) is 4.50. The number of unbranched alkanes of at least 4 members (excludes halogenated alkanes) is 1. The topological polar surface area (TPSA) is 20.3 Å². The number of anilines is 1. The lowest BCUT2D eigenvalue weighted by Gasteiger charge is -2.17. The van der Waals surface area contributed by atoms with Crippen LogP contribution in [-0.4, -0.2) is 13.0 Å². The third kappa shape index (κ3) is 9.89. The lowest BCUT2D eigenvalue weighted by Crippen LogP contribution is -2.26. The molecule has 1 rings (SSSR count). The Morgan fingerprint density at radius 3 is 1.90 bits per heavy atom. The molecular weight excluding hydrogens is 258 g/mol. The fraction of sp³-hybridized carbons (Fsp3) is 0.526. The van der Waals surface area contributed by atoms with Crippen LogP contribution >= 0.6 is 0 Å². The van der Waals surface area contributed by atoms with Gasteiger partial charge in [0.15, 0.2) is 0 Å². The third-order valence-corrected chi connectivity index (χ3v) is 2.80. The van der Waals surface area contributed by atoms with Crippen LogP contribution in [0, 0.1) is 0 Å². The van der Waals surface area contributed by atoms with E-state index in [4.69, 9.17) is 0 Å². The molecular formula is C19H33NO. The van der Waals surface area contributed by atoms with E-state index in [2.05, 4.69) is 13.8 Å². The molecule has 2 heteroatoms. The van der Waals surface area contributed by atoms with E-state index in [1.807, 2.05) is 64.1 Å². The molecule has 0 heterocycles. The summed E-state index contributed by atoms with van der Waals surface area (Å²) in [5.41, 5.74) is 1.72. The monoisotopic (exact) mass is 291 g/mol. The summed E-state index contributed by atoms with van der Waals surface area (Å²) >= 11 is 0. The van der Waals surface area contributed by atoms with Crippen LogP contribution in [-0.2, 0) is 4.79 Å². The number of hydrogen-bond donors (Lipinski definition) is 0. The standard InChI is InChI=1S/C13H17NO.C4H10.C2H6/c1-4-8-11(2)13(15)14(3)12-9-6-5-7-10-12;1-3-4-2;1-2/h5-10H,4H2,1-3H3;3-4H2,1-2H3;1-2H3/b11-8+;;. The molecule has 0 aliphatic carbocycles. The maximum Gasteiger partial charge on any atom is 0.253 e. The first-order valence-corrected chi connectivity index (χ1v) is 8.08. The number of allylic oxidation sites excluding steroid dienone is 1. The van der Waals surface area contributed by atoms with E-state index in [0.717, 1.165) is 17.7 Å². The highest BCUT2D eigenvalue weighted by atomic mass is 16.2. The fourth-order valence-corrected chi connectivity index (χ4v) is 1.43. The molecule has 0 aliphatic heterocycles. The van der Waals surface area contributed by atoms with E-state index in [1.54, 1.807) is 11.9 Å². The van der Waals surface area contributed by atoms with Crippen LogP contribution in [0.25, 0.3) is 0 Å². The maximum absolute atomic E-state index is 11.9. The van der Waals surface area contributed by atoms with Gasteiger partial charge in [0.25, 0.3) is 5.91 Å². The molecule has 0 saturated heterocycles. The first-order valence-electron chi connectivity index (χ1n) is 8.08. The summed E-state index contributed by atoms with van der Waals surface area (Å²) < 4.78 is 0. The van der Waals surface area contributed by atoms with Crippen molar-refractivity contribution in [1.29, 1.82) is 0 Å². The molecule has 1 aromatic carbocycles. The van der Waals surface area contributed by atoms with Crippen LogP contribution in [0.1, 0.15) is 60.8 Å². The molecule has 0 fully saturated rings. The Hall–Kier alpha value is -1.57. The SMILES string of the molecule is CC.CC/C=C(\C)C(=O)N(C)c1ccccc1.CCCC. The Morgan fingerprint density at radius 2 is 1.52 bits per heavy atom. The van der Waals surface area contributed by atoms with Gasteiger partial charge in [-0.15, -0.1) is 0 Å². The van der Waals surface area contributed by atoms with Crippen molar-refractivity contribution in [3.8, 4) is 0 Å². The lowest BCUT2D eigenvalue weighted by molar-refractivity contribution is -0.114. The summed E-state index contributed by atoms with van der Waals surface area (Å²) in [6, 6.07) is 9.65. The molecule has 1 amide bonds. The van der Waals surface area contributed by atoms with E-state index >= 15 is 0 Å². The Labute approximate surface area is 131 Å². The summed E-state index contributed by atoms with van der Waals surface area (Å²) in [5.74, 6) is 0.0584. The predicted molar refractivity (Wildman–Crippen MR) is 95.8 cm³/mol. The minimum atomic E-state index is 0.0584. The number of carbonyl (C=O) groups excluding carboxylic acids is 1. The average molecular weight is 291 g/mol. The zero-order chi connectivity index (χ0) is 16.7. The van der Waals surface area contributed by atoms with Crippen LogP contribution in [0.5, 0.6) is 0 Å². The Balaban J connectivity index is 0. The Bertz CT molecular complexity index is 380. The van der Waals surface area contributed by atoms with E-state index in [-0.39, 0.29) is 5.91 Å². The van der Waals surface area contributed by atoms with Crippen molar-refractivity contribution in [2.24, 2.45) is 0 Å². The summed E-state index contributed by atoms with van der Waals surface area (Å²) in [4.78, 5) is 13.6. The molecule has 0 aliphatic rings. The van der Waals surface area contributed by atoms with Crippen molar-refractivity contribution in [1.82, 2.24) is 0 Å². The normalized spacial score (nSPS) is 9.76. The minimum absolute atomic E-state index is 0.0584. The summed E-state index contributed by atoms with van der Waals surface area (Å²) in [6.45, 7) is 12.2. The van der Waals surface area contributed by atoms with Crippen LogP contribution < -0.4 is 4.90 Å². The van der Waals surface area contributed by atoms with Gasteiger partial charge < -0.3 is 4.90 Å². The molecule has 0 bridgehead atoms. The number of hydrogen-bond acceptors (Lipinski definition) is 1. The van der Waals surface area contributed by atoms with E-state index < -0.39 is 0 Å². The molecule has 1 aromatic rings. The van der Waals surface area contributed by atoms with Gasteiger partial charge in [-0.2, -0.15) is 0 Å². The van der Waals surface area contributed by atoms with Crippen molar-refractivity contribution in [3.63, 3.8) is 0 Å². The molecule has 0 spiro atoms. The molecule has 0 unspecified atom stereocenters. The number of rotatable bonds is 4. The van der Waals surface area contributed by atoms with Gasteiger partial charge >= 0.3 is 0 Å². The van der Waals surface area contributed by atoms with Gasteiger partial charge in [-0.3, -0.25) is 4.79 Å². The molecule has 21 heavy (non-hydrogen) atoms. The number of para-hydroxylation sites is 1. The minimum Gasteiger partial charge on any atom is -0.312 e. The zero-order valence-electron chi connectivity index (χ0n) is 14.9. The van der Waals surface area contributed by atoms with Crippen molar-refractivity contribution in [2.45, 2.75) is 60.8 Å². The number of amides is 1. The number of carbonyl (C=O) groups is 1. The fourth-order valence-electron chi connectivity index (χ4n) is 1.43. The van der Waals surface area contributed by atoms with Gasteiger partial charge in [-0.05, 0) is 25.5 Å². The van der Waals surface area contributed by atoms with Gasteiger partial charge in [0.05, 0.1) is 0 Å². The van der Waals surface area contributed by atoms with Crippen molar-refractivity contribution < 1.29 is 4.79 Å². The smallest absolute Gasteiger partial charge is 0.253 e. The highest BCUT2D eigenvalue weighted by molar-refractivity contribution is 6.04. The lowest BCUT2D eigenvalue weighted by atomic mass is 10.2. The van der Waals surface area contributed by atoms with Crippen molar-refractivity contribution in [3.05, 3.63) is 42.0 Å². The molecule has 0 saturated carbocycles. The van der Waals surface area contributed by atoms with Crippen molar-refractivity contribution >= 4 is 11.6 Å². The average Bonchev–Trinajstić information content (AvgIpc) is 2.56. The maximum atomic E-state index is 11.9. The van der Waals surface area contributed by atoms with Crippen LogP contribution in [0.3, 0.4) is 0 Å². The van der Waals surface area contributed by atoms with Gasteiger partial charge in [0.1, 0.15) is 0 Å². The first-order chi connectivity index (χ1) is 10.1. The second kappa shape index (κ2) is 14.8. The van der Waals surface area contributed by atoms with Gasteiger partial charge in [-0.1, -0.05) is 71.7 Å². The summed E-state index contributed by atoms with van der Waals surface area (Å²) in [5, 5.41) is 0. The van der Waals surface area contributed by atoms with Crippen LogP contribution in [0.15, 0.2) is 42.0 Å². The van der Waals surface area contributed by atoms with Gasteiger partial charge in [0, 0.05) is 18.3 Å². The second-order valence-corrected chi connectivity index (χ2v) is 4.50. The van der Waals surface area contributed by atoms with E-state index in [1.165, 1.54) is 12.8 Å². The molecule has 2 nitrogen and oxygen atoms in total. The summed E-state index contributed by atoms with van der Waals surface area (Å²) in [6.07, 6.45) is 5.47. The molecule has 0 aromatic heterocycles. The van der Waals surface area contributed by atoms with Crippen LogP contribution in [0.2, 0.25) is 0 Å². The Kier molecular flexibility index (Phi) is 15.3.